The van der Waals surface area contributed by atoms with Crippen LogP contribution >= 0.6 is 0 Å². The van der Waals surface area contributed by atoms with E-state index in [1.165, 1.54) is 5.56 Å². The van der Waals surface area contributed by atoms with E-state index < -0.39 is 0 Å². The normalized spacial score (nSPS) is 10.9. The summed E-state index contributed by atoms with van der Waals surface area (Å²) in [7, 11) is 0. The van der Waals surface area contributed by atoms with E-state index in [1.54, 1.807) is 0 Å². The Morgan fingerprint density at radius 1 is 1.00 bits per heavy atom. The Kier molecular flexibility index (Phi) is 2.37. The number of benzene rings is 1. The van der Waals surface area contributed by atoms with E-state index in [2.05, 4.69) is 22.1 Å². The third-order valence-corrected chi connectivity index (χ3v) is 2.85. The Bertz CT molecular complexity index is 687. The molecule has 0 amide bonds. The fourth-order valence-corrected chi connectivity index (χ4v) is 2.07. The summed E-state index contributed by atoms with van der Waals surface area (Å²) >= 11 is 0. The molecule has 0 aliphatic carbocycles. The van der Waals surface area contributed by atoms with Gasteiger partial charge in [-0.1, -0.05) is 30.3 Å². The molecule has 0 atom stereocenters. The highest BCUT2D eigenvalue weighted by atomic mass is 15.1. The van der Waals surface area contributed by atoms with Crippen molar-refractivity contribution in [1.82, 2.24) is 14.5 Å². The molecule has 0 radical (unpaired) electrons. The van der Waals surface area contributed by atoms with E-state index in [1.807, 2.05) is 35.0 Å². The molecule has 18 heavy (non-hydrogen) atoms. The second kappa shape index (κ2) is 4.03. The highest BCUT2D eigenvalue weighted by Crippen LogP contribution is 2.21. The van der Waals surface area contributed by atoms with E-state index >= 15 is 0 Å². The van der Waals surface area contributed by atoms with Crippen molar-refractivity contribution in [1.29, 1.82) is 0 Å². The molecular weight excluding hydrogens is 226 g/mol. The van der Waals surface area contributed by atoms with Gasteiger partial charge in [-0.25, -0.2) is 4.98 Å². The van der Waals surface area contributed by atoms with E-state index in [-0.39, 0.29) is 5.95 Å². The maximum absolute atomic E-state index is 5.90. The number of rotatable bonds is 2. The van der Waals surface area contributed by atoms with Crippen LogP contribution in [0.5, 0.6) is 0 Å². The van der Waals surface area contributed by atoms with Crippen LogP contribution in [0.4, 0.5) is 11.8 Å². The Morgan fingerprint density at radius 3 is 2.56 bits per heavy atom. The summed E-state index contributed by atoms with van der Waals surface area (Å²) in [5.74, 6) is 0.621. The van der Waals surface area contributed by atoms with Crippen molar-refractivity contribution >= 4 is 22.8 Å². The van der Waals surface area contributed by atoms with Crippen LogP contribution in [0.1, 0.15) is 5.56 Å². The topological polar surface area (TPSA) is 82.7 Å². The molecule has 0 aliphatic heterocycles. The zero-order valence-electron chi connectivity index (χ0n) is 9.74. The summed E-state index contributed by atoms with van der Waals surface area (Å²) in [5, 5.41) is 0. The number of nitrogens with zero attached hydrogens (tertiary/aromatic N) is 3. The second-order valence-corrected chi connectivity index (χ2v) is 4.13. The molecule has 0 aliphatic rings. The predicted octanol–water partition coefficient (Wildman–Crippen LogP) is 1.64. The van der Waals surface area contributed by atoms with Gasteiger partial charge in [-0.05, 0) is 11.6 Å². The number of anilines is 2. The van der Waals surface area contributed by atoms with Crippen LogP contribution in [-0.2, 0) is 6.54 Å². The van der Waals surface area contributed by atoms with E-state index in [4.69, 9.17) is 11.5 Å². The minimum absolute atomic E-state index is 0.206. The maximum atomic E-state index is 5.90. The first-order chi connectivity index (χ1) is 8.74. The van der Waals surface area contributed by atoms with Gasteiger partial charge in [0.05, 0.1) is 5.52 Å². The van der Waals surface area contributed by atoms with Crippen LogP contribution < -0.4 is 11.5 Å². The van der Waals surface area contributed by atoms with Gasteiger partial charge in [0.15, 0.2) is 5.82 Å². The summed E-state index contributed by atoms with van der Waals surface area (Å²) < 4.78 is 2.03. The number of fused-ring (bicyclic) bond motifs is 1. The van der Waals surface area contributed by atoms with Gasteiger partial charge in [-0.3, -0.25) is 0 Å². The van der Waals surface area contributed by atoms with Gasteiger partial charge in [0, 0.05) is 12.7 Å². The van der Waals surface area contributed by atoms with Crippen LogP contribution in [0.25, 0.3) is 11.0 Å². The lowest BCUT2D eigenvalue weighted by Crippen LogP contribution is -2.04. The molecule has 3 rings (SSSR count). The standard InChI is InChI=1S/C13H13N5/c14-12-11-10(16-13(15)17-12)6-7-18(11)8-9-4-2-1-3-5-9/h1-7H,8H2,(H4,14,15,16,17). The first-order valence-corrected chi connectivity index (χ1v) is 5.66. The summed E-state index contributed by atoms with van der Waals surface area (Å²) in [6.45, 7) is 0.738. The predicted molar refractivity (Wildman–Crippen MR) is 71.9 cm³/mol. The average Bonchev–Trinajstić information content (AvgIpc) is 2.73. The minimum atomic E-state index is 0.206. The number of nitrogens with two attached hydrogens (primary N) is 2. The third kappa shape index (κ3) is 1.75. The maximum Gasteiger partial charge on any atom is 0.222 e. The summed E-state index contributed by atoms with van der Waals surface area (Å²) in [6.07, 6.45) is 1.95. The van der Waals surface area contributed by atoms with Gasteiger partial charge in [-0.15, -0.1) is 0 Å². The quantitative estimate of drug-likeness (QED) is 0.712. The number of nitrogen functional groups attached to an aromatic ring is 2. The van der Waals surface area contributed by atoms with Gasteiger partial charge in [0.1, 0.15) is 5.52 Å². The monoisotopic (exact) mass is 239 g/mol. The van der Waals surface area contributed by atoms with Gasteiger partial charge >= 0.3 is 0 Å². The third-order valence-electron chi connectivity index (χ3n) is 2.85. The van der Waals surface area contributed by atoms with E-state index in [9.17, 15) is 0 Å². The molecule has 1 aromatic carbocycles. The van der Waals surface area contributed by atoms with Crippen molar-refractivity contribution in [2.75, 3.05) is 11.5 Å². The molecule has 5 nitrogen and oxygen atoms in total. The Morgan fingerprint density at radius 2 is 1.78 bits per heavy atom. The van der Waals surface area contributed by atoms with E-state index in [0.717, 1.165) is 17.6 Å². The molecule has 0 saturated carbocycles. The zero-order chi connectivity index (χ0) is 12.5. The molecular formula is C13H13N5. The van der Waals surface area contributed by atoms with Crippen molar-refractivity contribution in [2.45, 2.75) is 6.54 Å². The largest absolute Gasteiger partial charge is 0.382 e. The Labute approximate surface area is 104 Å². The molecule has 5 heteroatoms. The summed E-state index contributed by atoms with van der Waals surface area (Å²) in [4.78, 5) is 8.16. The van der Waals surface area contributed by atoms with Gasteiger partial charge in [0.25, 0.3) is 0 Å². The smallest absolute Gasteiger partial charge is 0.222 e. The number of hydrogen-bond donors (Lipinski definition) is 2. The second-order valence-electron chi connectivity index (χ2n) is 4.13. The molecule has 2 aromatic heterocycles. The molecule has 0 fully saturated rings. The lowest BCUT2D eigenvalue weighted by Gasteiger charge is -2.07. The van der Waals surface area contributed by atoms with Crippen LogP contribution in [0.2, 0.25) is 0 Å². The fourth-order valence-electron chi connectivity index (χ4n) is 2.07. The van der Waals surface area contributed by atoms with Crippen molar-refractivity contribution in [3.8, 4) is 0 Å². The average molecular weight is 239 g/mol. The highest BCUT2D eigenvalue weighted by molar-refractivity contribution is 5.86. The molecule has 4 N–H and O–H groups in total. The first-order valence-electron chi connectivity index (χ1n) is 5.66. The van der Waals surface area contributed by atoms with Crippen LogP contribution in [0.15, 0.2) is 42.6 Å². The van der Waals surface area contributed by atoms with Gasteiger partial charge in [0.2, 0.25) is 5.95 Å². The molecule has 0 spiro atoms. The fraction of sp³-hybridized carbons (Fsp3) is 0.0769. The van der Waals surface area contributed by atoms with Gasteiger partial charge < -0.3 is 16.0 Å². The number of aromatic nitrogens is 3. The molecule has 3 aromatic rings. The van der Waals surface area contributed by atoms with Crippen molar-refractivity contribution in [2.24, 2.45) is 0 Å². The van der Waals surface area contributed by atoms with Crippen LogP contribution in [0.3, 0.4) is 0 Å². The Hall–Kier alpha value is -2.56. The van der Waals surface area contributed by atoms with Gasteiger partial charge in [-0.2, -0.15) is 4.98 Å². The van der Waals surface area contributed by atoms with Crippen LogP contribution in [0, 0.1) is 0 Å². The van der Waals surface area contributed by atoms with Crippen molar-refractivity contribution in [3.63, 3.8) is 0 Å². The minimum Gasteiger partial charge on any atom is -0.382 e. The van der Waals surface area contributed by atoms with Crippen molar-refractivity contribution < 1.29 is 0 Å². The Balaban J connectivity index is 2.08. The van der Waals surface area contributed by atoms with Crippen LogP contribution in [-0.4, -0.2) is 14.5 Å². The molecule has 0 saturated heterocycles. The SMILES string of the molecule is Nc1nc(N)c2c(ccn2Cc2ccccc2)n1. The zero-order valence-corrected chi connectivity index (χ0v) is 9.74. The molecule has 0 unspecified atom stereocenters. The highest BCUT2D eigenvalue weighted by Gasteiger charge is 2.08. The molecule has 90 valence electrons. The molecule has 0 bridgehead atoms. The summed E-state index contributed by atoms with van der Waals surface area (Å²) in [5.41, 5.74) is 14.3. The number of hydrogen-bond acceptors (Lipinski definition) is 4. The summed E-state index contributed by atoms with van der Waals surface area (Å²) in [6, 6.07) is 12.1. The van der Waals surface area contributed by atoms with Crippen molar-refractivity contribution in [3.05, 3.63) is 48.2 Å². The lowest BCUT2D eigenvalue weighted by molar-refractivity contribution is 0.836. The lowest BCUT2D eigenvalue weighted by atomic mass is 10.2. The molecule has 2 heterocycles. The first kappa shape index (κ1) is 10.6. The van der Waals surface area contributed by atoms with E-state index in [0.29, 0.717) is 5.82 Å².